The molecule has 0 fully saturated rings. The first kappa shape index (κ1) is 10.8. The number of esters is 1. The molecule has 0 amide bonds. The van der Waals surface area contributed by atoms with E-state index in [1.54, 1.807) is 6.92 Å². The smallest absolute Gasteiger partial charge is 0.375 e. The molecule has 1 unspecified atom stereocenters. The Bertz CT molecular complexity index is 207. The lowest BCUT2D eigenvalue weighted by molar-refractivity contribution is -0.154. The summed E-state index contributed by atoms with van der Waals surface area (Å²) in [6.45, 7) is 3.05. The zero-order valence-electron chi connectivity index (χ0n) is 7.42. The second-order valence-electron chi connectivity index (χ2n) is 2.40. The zero-order valence-corrected chi connectivity index (χ0v) is 7.42. The van der Waals surface area contributed by atoms with E-state index in [1.807, 2.05) is 0 Å². The molecule has 0 aromatic carbocycles. The number of hydrogen-bond donors (Lipinski definition) is 0. The Morgan fingerprint density at radius 1 is 1.33 bits per heavy atom. The van der Waals surface area contributed by atoms with E-state index in [1.165, 1.54) is 6.92 Å². The van der Waals surface area contributed by atoms with Crippen LogP contribution >= 0.6 is 0 Å². The predicted molar refractivity (Wildman–Crippen MR) is 41.5 cm³/mol. The summed E-state index contributed by atoms with van der Waals surface area (Å²) in [4.78, 5) is 32.6. The lowest BCUT2D eigenvalue weighted by Gasteiger charge is -2.04. The first-order valence-electron chi connectivity index (χ1n) is 3.69. The largest absolute Gasteiger partial charge is 0.463 e. The Balaban J connectivity index is 4.29. The minimum Gasteiger partial charge on any atom is -0.463 e. The van der Waals surface area contributed by atoms with Gasteiger partial charge in [0, 0.05) is 6.42 Å². The number of ether oxygens (including phenoxy) is 1. The Labute approximate surface area is 70.9 Å². The Kier molecular flexibility index (Phi) is 4.18. The van der Waals surface area contributed by atoms with Crippen molar-refractivity contribution < 1.29 is 19.1 Å². The molecule has 0 rings (SSSR count). The van der Waals surface area contributed by atoms with Gasteiger partial charge in [-0.05, 0) is 6.92 Å². The fraction of sp³-hybridized carbons (Fsp3) is 0.625. The second kappa shape index (κ2) is 4.64. The summed E-state index contributed by atoms with van der Waals surface area (Å²) in [5, 5.41) is 0. The first-order valence-corrected chi connectivity index (χ1v) is 3.69. The van der Waals surface area contributed by atoms with Crippen molar-refractivity contribution in [3.05, 3.63) is 0 Å². The number of rotatable bonds is 4. The number of carbonyl (C=O) groups excluding carboxylic acids is 3. The Hall–Kier alpha value is -1.19. The molecule has 0 aliphatic carbocycles. The SMILES string of the molecule is CCC(=O)C(C)C(=O)C(=O)OC. The molecular formula is C8H12O4. The summed E-state index contributed by atoms with van der Waals surface area (Å²) in [5.74, 6) is -2.85. The van der Waals surface area contributed by atoms with Crippen molar-refractivity contribution in [2.45, 2.75) is 20.3 Å². The summed E-state index contributed by atoms with van der Waals surface area (Å²) >= 11 is 0. The van der Waals surface area contributed by atoms with E-state index in [4.69, 9.17) is 0 Å². The molecule has 0 saturated heterocycles. The van der Waals surface area contributed by atoms with Crippen molar-refractivity contribution in [3.8, 4) is 0 Å². The first-order chi connectivity index (χ1) is 5.54. The maximum absolute atomic E-state index is 11.0. The van der Waals surface area contributed by atoms with Crippen LogP contribution in [0.3, 0.4) is 0 Å². The molecular weight excluding hydrogens is 160 g/mol. The average molecular weight is 172 g/mol. The van der Waals surface area contributed by atoms with Gasteiger partial charge in [0.15, 0.2) is 0 Å². The highest BCUT2D eigenvalue weighted by atomic mass is 16.5. The van der Waals surface area contributed by atoms with E-state index in [2.05, 4.69) is 4.74 Å². The van der Waals surface area contributed by atoms with Gasteiger partial charge < -0.3 is 4.74 Å². The molecule has 0 aliphatic heterocycles. The summed E-state index contributed by atoms with van der Waals surface area (Å²) < 4.78 is 4.19. The number of methoxy groups -OCH3 is 1. The third kappa shape index (κ3) is 2.45. The normalized spacial score (nSPS) is 11.9. The average Bonchev–Trinajstić information content (AvgIpc) is 2.12. The quantitative estimate of drug-likeness (QED) is 0.348. The van der Waals surface area contributed by atoms with Crippen LogP contribution in [0.4, 0.5) is 0 Å². The summed E-state index contributed by atoms with van der Waals surface area (Å²) in [5.41, 5.74) is 0. The van der Waals surface area contributed by atoms with Gasteiger partial charge in [0.25, 0.3) is 0 Å². The van der Waals surface area contributed by atoms with Crippen LogP contribution in [0.1, 0.15) is 20.3 Å². The minimum absolute atomic E-state index is 0.245. The highest BCUT2D eigenvalue weighted by Crippen LogP contribution is 2.02. The molecule has 0 aromatic rings. The van der Waals surface area contributed by atoms with Crippen molar-refractivity contribution in [1.82, 2.24) is 0 Å². The molecule has 0 heterocycles. The number of Topliss-reactive ketones (excluding diaryl/α,β-unsaturated/α-hetero) is 2. The second-order valence-corrected chi connectivity index (χ2v) is 2.40. The van der Waals surface area contributed by atoms with Gasteiger partial charge in [0.2, 0.25) is 5.78 Å². The van der Waals surface area contributed by atoms with Gasteiger partial charge in [-0.1, -0.05) is 6.92 Å². The van der Waals surface area contributed by atoms with Crippen LogP contribution in [0, 0.1) is 5.92 Å². The molecule has 0 radical (unpaired) electrons. The lowest BCUT2D eigenvalue weighted by Crippen LogP contribution is -2.28. The monoisotopic (exact) mass is 172 g/mol. The lowest BCUT2D eigenvalue weighted by atomic mass is 10.00. The molecule has 0 saturated carbocycles. The molecule has 0 bridgehead atoms. The van der Waals surface area contributed by atoms with Gasteiger partial charge in [0.05, 0.1) is 13.0 Å². The maximum atomic E-state index is 11.0. The van der Waals surface area contributed by atoms with E-state index < -0.39 is 17.7 Å². The summed E-state index contributed by atoms with van der Waals surface area (Å²) in [7, 11) is 1.11. The van der Waals surface area contributed by atoms with Crippen LogP contribution in [0.5, 0.6) is 0 Å². The van der Waals surface area contributed by atoms with Gasteiger partial charge in [-0.15, -0.1) is 0 Å². The Morgan fingerprint density at radius 2 is 1.83 bits per heavy atom. The fourth-order valence-electron chi connectivity index (χ4n) is 0.730. The molecule has 0 N–H and O–H groups in total. The number of ketones is 2. The molecule has 0 spiro atoms. The zero-order chi connectivity index (χ0) is 9.72. The molecule has 4 heteroatoms. The van der Waals surface area contributed by atoms with E-state index in [0.717, 1.165) is 7.11 Å². The standard InChI is InChI=1S/C8H12O4/c1-4-6(9)5(2)7(10)8(11)12-3/h5H,4H2,1-3H3. The van der Waals surface area contributed by atoms with Gasteiger partial charge in [-0.2, -0.15) is 0 Å². The third-order valence-electron chi connectivity index (χ3n) is 1.61. The summed E-state index contributed by atoms with van der Waals surface area (Å²) in [6.07, 6.45) is 0.254. The van der Waals surface area contributed by atoms with E-state index in [9.17, 15) is 14.4 Å². The van der Waals surface area contributed by atoms with Crippen LogP contribution in [0.2, 0.25) is 0 Å². The minimum atomic E-state index is -0.954. The molecule has 0 aliphatic rings. The van der Waals surface area contributed by atoms with Crippen molar-refractivity contribution in [2.24, 2.45) is 5.92 Å². The highest BCUT2D eigenvalue weighted by molar-refractivity contribution is 6.38. The molecule has 68 valence electrons. The van der Waals surface area contributed by atoms with Crippen molar-refractivity contribution >= 4 is 17.5 Å². The van der Waals surface area contributed by atoms with E-state index >= 15 is 0 Å². The highest BCUT2D eigenvalue weighted by Gasteiger charge is 2.26. The topological polar surface area (TPSA) is 60.4 Å². The maximum Gasteiger partial charge on any atom is 0.375 e. The van der Waals surface area contributed by atoms with Gasteiger partial charge >= 0.3 is 5.97 Å². The van der Waals surface area contributed by atoms with Crippen LogP contribution < -0.4 is 0 Å². The predicted octanol–water partition coefficient (Wildman–Crippen LogP) is 0.344. The van der Waals surface area contributed by atoms with Crippen molar-refractivity contribution in [1.29, 1.82) is 0 Å². The summed E-state index contributed by atoms with van der Waals surface area (Å²) in [6, 6.07) is 0. The third-order valence-corrected chi connectivity index (χ3v) is 1.61. The van der Waals surface area contributed by atoms with Gasteiger partial charge in [-0.25, -0.2) is 4.79 Å². The van der Waals surface area contributed by atoms with E-state index in [0.29, 0.717) is 0 Å². The van der Waals surface area contributed by atoms with Crippen LogP contribution in [0.25, 0.3) is 0 Å². The van der Waals surface area contributed by atoms with E-state index in [-0.39, 0.29) is 12.2 Å². The fourth-order valence-corrected chi connectivity index (χ4v) is 0.730. The number of carbonyl (C=O) groups is 3. The molecule has 0 aromatic heterocycles. The molecule has 12 heavy (non-hydrogen) atoms. The Morgan fingerprint density at radius 3 is 2.17 bits per heavy atom. The van der Waals surface area contributed by atoms with Crippen LogP contribution in [-0.2, 0) is 19.1 Å². The van der Waals surface area contributed by atoms with Gasteiger partial charge in [0.1, 0.15) is 5.78 Å². The number of hydrogen-bond acceptors (Lipinski definition) is 4. The van der Waals surface area contributed by atoms with Crippen LogP contribution in [-0.4, -0.2) is 24.6 Å². The van der Waals surface area contributed by atoms with Crippen LogP contribution in [0.15, 0.2) is 0 Å². The molecule has 4 nitrogen and oxygen atoms in total. The van der Waals surface area contributed by atoms with Gasteiger partial charge in [-0.3, -0.25) is 9.59 Å². The molecule has 1 atom stereocenters. The van der Waals surface area contributed by atoms with Crippen molar-refractivity contribution in [3.63, 3.8) is 0 Å². The van der Waals surface area contributed by atoms with Crippen molar-refractivity contribution in [2.75, 3.05) is 7.11 Å².